The van der Waals surface area contributed by atoms with Crippen LogP contribution in [0.1, 0.15) is 5.69 Å². The maximum Gasteiger partial charge on any atom is 0.438 e. The summed E-state index contributed by atoms with van der Waals surface area (Å²) in [6.45, 7) is 0. The fourth-order valence-electron chi connectivity index (χ4n) is 1.94. The molecule has 10 heteroatoms. The molecule has 0 saturated carbocycles. The van der Waals surface area contributed by atoms with Crippen LogP contribution in [0.25, 0.3) is 11.0 Å². The van der Waals surface area contributed by atoms with Gasteiger partial charge in [0.15, 0.2) is 0 Å². The molecule has 3 aromatic rings. The molecule has 1 aromatic heterocycles. The van der Waals surface area contributed by atoms with E-state index in [-0.39, 0.29) is 31.9 Å². The maximum atomic E-state index is 13.5. The Morgan fingerprint density at radius 2 is 1.44 bits per heavy atom. The van der Waals surface area contributed by atoms with Gasteiger partial charge in [0.1, 0.15) is 11.6 Å². The van der Waals surface area contributed by atoms with Gasteiger partial charge in [-0.3, -0.25) is 0 Å². The summed E-state index contributed by atoms with van der Waals surface area (Å²) in [5.74, 6) is -1.92. The minimum absolute atomic E-state index is 0.0324. The molecule has 0 saturated heterocycles. The Bertz CT molecular complexity index is 979. The number of halogens is 7. The quantitative estimate of drug-likeness (QED) is 0.449. The highest BCUT2D eigenvalue weighted by molar-refractivity contribution is 6.42. The molecular weight excluding hydrogens is 407 g/mol. The van der Waals surface area contributed by atoms with Crippen molar-refractivity contribution >= 4 is 45.8 Å². The SMILES string of the molecule is Fc1cc(Oc2nc3cc(Cl)c(Cl)cc3nc2C(F)(F)F)ccc1Cl. The summed E-state index contributed by atoms with van der Waals surface area (Å²) in [7, 11) is 0. The fraction of sp³-hybridized carbons (Fsp3) is 0.0667. The van der Waals surface area contributed by atoms with Crippen molar-refractivity contribution in [2.75, 3.05) is 0 Å². The van der Waals surface area contributed by atoms with Crippen molar-refractivity contribution in [3.63, 3.8) is 0 Å². The van der Waals surface area contributed by atoms with Crippen LogP contribution in [-0.2, 0) is 6.18 Å². The zero-order valence-electron chi connectivity index (χ0n) is 11.8. The van der Waals surface area contributed by atoms with E-state index in [9.17, 15) is 17.6 Å². The summed E-state index contributed by atoms with van der Waals surface area (Å²) in [6.07, 6.45) is -4.85. The van der Waals surface area contributed by atoms with Gasteiger partial charge in [-0.2, -0.15) is 13.2 Å². The van der Waals surface area contributed by atoms with Gasteiger partial charge in [-0.15, -0.1) is 0 Å². The molecular formula is C15H5Cl3F4N2O. The smallest absolute Gasteiger partial charge is 0.437 e. The molecule has 0 atom stereocenters. The topological polar surface area (TPSA) is 35.0 Å². The van der Waals surface area contributed by atoms with E-state index in [1.165, 1.54) is 12.1 Å². The molecule has 0 radical (unpaired) electrons. The van der Waals surface area contributed by atoms with Gasteiger partial charge >= 0.3 is 6.18 Å². The van der Waals surface area contributed by atoms with Crippen LogP contribution in [-0.4, -0.2) is 9.97 Å². The largest absolute Gasteiger partial charge is 0.438 e. The second-order valence-corrected chi connectivity index (χ2v) is 6.03. The van der Waals surface area contributed by atoms with Crippen LogP contribution in [0.3, 0.4) is 0 Å². The number of ether oxygens (including phenoxy) is 1. The van der Waals surface area contributed by atoms with E-state index < -0.39 is 23.6 Å². The third-order valence-corrected chi connectivity index (χ3v) is 4.08. The van der Waals surface area contributed by atoms with E-state index in [2.05, 4.69) is 9.97 Å². The average Bonchev–Trinajstić information content (AvgIpc) is 2.51. The molecule has 1 heterocycles. The Morgan fingerprint density at radius 3 is 2.00 bits per heavy atom. The highest BCUT2D eigenvalue weighted by atomic mass is 35.5. The average molecular weight is 412 g/mol. The predicted octanol–water partition coefficient (Wildman–Crippen LogP) is 6.54. The van der Waals surface area contributed by atoms with Crippen molar-refractivity contribution in [3.05, 3.63) is 56.9 Å². The molecule has 0 bridgehead atoms. The van der Waals surface area contributed by atoms with Gasteiger partial charge in [0.2, 0.25) is 5.69 Å². The molecule has 2 aromatic carbocycles. The van der Waals surface area contributed by atoms with Crippen molar-refractivity contribution in [2.24, 2.45) is 0 Å². The molecule has 0 spiro atoms. The van der Waals surface area contributed by atoms with Crippen LogP contribution in [0.4, 0.5) is 17.6 Å². The zero-order valence-corrected chi connectivity index (χ0v) is 14.1. The van der Waals surface area contributed by atoms with Crippen LogP contribution in [0.2, 0.25) is 15.1 Å². The molecule has 3 nitrogen and oxygen atoms in total. The lowest BCUT2D eigenvalue weighted by molar-refractivity contribution is -0.142. The van der Waals surface area contributed by atoms with Crippen LogP contribution < -0.4 is 4.74 Å². The summed E-state index contributed by atoms with van der Waals surface area (Å²) in [6, 6.07) is 5.59. The molecule has 0 N–H and O–H groups in total. The first-order valence-electron chi connectivity index (χ1n) is 6.52. The molecule has 0 aliphatic carbocycles. The third-order valence-electron chi connectivity index (χ3n) is 3.05. The number of rotatable bonds is 2. The normalized spacial score (nSPS) is 11.8. The lowest BCUT2D eigenvalue weighted by Gasteiger charge is -2.13. The Hall–Kier alpha value is -1.83. The Labute approximate surface area is 153 Å². The predicted molar refractivity (Wildman–Crippen MR) is 86.0 cm³/mol. The molecule has 0 amide bonds. The summed E-state index contributed by atoms with van der Waals surface area (Å²) >= 11 is 17.2. The summed E-state index contributed by atoms with van der Waals surface area (Å²) < 4.78 is 58.3. The van der Waals surface area contributed by atoms with E-state index >= 15 is 0 Å². The lowest BCUT2D eigenvalue weighted by Crippen LogP contribution is -2.11. The van der Waals surface area contributed by atoms with Gasteiger partial charge in [-0.25, -0.2) is 14.4 Å². The number of hydrogen-bond donors (Lipinski definition) is 0. The van der Waals surface area contributed by atoms with Crippen molar-refractivity contribution in [2.45, 2.75) is 6.18 Å². The molecule has 0 aliphatic rings. The molecule has 0 fully saturated rings. The fourth-order valence-corrected chi connectivity index (χ4v) is 2.38. The number of aromatic nitrogens is 2. The maximum absolute atomic E-state index is 13.5. The van der Waals surface area contributed by atoms with Crippen molar-refractivity contribution in [3.8, 4) is 11.6 Å². The Kier molecular flexibility index (Phi) is 4.66. The van der Waals surface area contributed by atoms with E-state index in [1.807, 2.05) is 0 Å². The first-order chi connectivity index (χ1) is 11.6. The van der Waals surface area contributed by atoms with Crippen molar-refractivity contribution < 1.29 is 22.3 Å². The molecule has 130 valence electrons. The number of alkyl halides is 3. The molecule has 0 unspecified atom stereocenters. The summed E-state index contributed by atoms with van der Waals surface area (Å²) in [5, 5.41) is -0.0776. The van der Waals surface area contributed by atoms with Gasteiger partial charge in [0, 0.05) is 6.07 Å². The minimum Gasteiger partial charge on any atom is -0.437 e. The van der Waals surface area contributed by atoms with Gasteiger partial charge < -0.3 is 4.74 Å². The van der Waals surface area contributed by atoms with Gasteiger partial charge in [0.05, 0.1) is 26.1 Å². The van der Waals surface area contributed by atoms with Crippen LogP contribution in [0.15, 0.2) is 30.3 Å². The molecule has 0 aliphatic heterocycles. The van der Waals surface area contributed by atoms with E-state index in [1.54, 1.807) is 0 Å². The van der Waals surface area contributed by atoms with Crippen molar-refractivity contribution in [1.29, 1.82) is 0 Å². The Morgan fingerprint density at radius 1 is 0.840 bits per heavy atom. The van der Waals surface area contributed by atoms with Crippen LogP contribution in [0, 0.1) is 5.82 Å². The van der Waals surface area contributed by atoms with Gasteiger partial charge in [-0.05, 0) is 24.3 Å². The van der Waals surface area contributed by atoms with E-state index in [0.717, 1.165) is 18.2 Å². The van der Waals surface area contributed by atoms with Gasteiger partial charge in [0.25, 0.3) is 5.88 Å². The highest BCUT2D eigenvalue weighted by Crippen LogP contribution is 2.38. The van der Waals surface area contributed by atoms with Gasteiger partial charge in [-0.1, -0.05) is 34.8 Å². The number of nitrogens with zero attached hydrogens (tertiary/aromatic N) is 2. The standard InChI is InChI=1S/C15H5Cl3F4N2O/c16-7-2-1-6(3-10(7)19)25-14-13(15(20,21)22)23-11-4-8(17)9(18)5-12(11)24-14/h1-5H. The number of fused-ring (bicyclic) bond motifs is 1. The third kappa shape index (κ3) is 3.73. The monoisotopic (exact) mass is 410 g/mol. The van der Waals surface area contributed by atoms with Crippen molar-refractivity contribution in [1.82, 2.24) is 9.97 Å². The highest BCUT2D eigenvalue weighted by Gasteiger charge is 2.38. The molecule has 25 heavy (non-hydrogen) atoms. The minimum atomic E-state index is -4.85. The lowest BCUT2D eigenvalue weighted by atomic mass is 10.2. The summed E-state index contributed by atoms with van der Waals surface area (Å²) in [4.78, 5) is 7.30. The number of hydrogen-bond acceptors (Lipinski definition) is 3. The first-order valence-corrected chi connectivity index (χ1v) is 7.65. The van der Waals surface area contributed by atoms with E-state index in [0.29, 0.717) is 0 Å². The van der Waals surface area contributed by atoms with Crippen LogP contribution in [0.5, 0.6) is 11.6 Å². The number of benzene rings is 2. The zero-order chi connectivity index (χ0) is 18.4. The summed E-state index contributed by atoms with van der Waals surface area (Å²) in [5.41, 5.74) is -1.46. The second-order valence-electron chi connectivity index (χ2n) is 4.81. The Balaban J connectivity index is 2.17. The first kappa shape index (κ1) is 18.0. The van der Waals surface area contributed by atoms with E-state index in [4.69, 9.17) is 39.5 Å². The molecule has 3 rings (SSSR count). The second kappa shape index (κ2) is 6.48. The van der Waals surface area contributed by atoms with Crippen LogP contribution >= 0.6 is 34.8 Å².